The standard InChI is InChI=1S/C21H29NO/c1-3-5-17-20(18-13-8-6-9-14-18)22-23-21(12-4-2)19-15-10-7-11-16-19/h6-11,13-16,20-22H,3-5,12,17H2,1-2H3. The fourth-order valence-electron chi connectivity index (χ4n) is 2.78. The number of hydrogen-bond acceptors (Lipinski definition) is 2. The highest BCUT2D eigenvalue weighted by atomic mass is 16.7. The summed E-state index contributed by atoms with van der Waals surface area (Å²) in [4.78, 5) is 6.13. The normalized spacial score (nSPS) is 13.7. The first-order chi connectivity index (χ1) is 11.3. The number of unbranched alkanes of at least 4 members (excludes halogenated alkanes) is 1. The maximum absolute atomic E-state index is 6.13. The fraction of sp³-hybridized carbons (Fsp3) is 0.429. The van der Waals surface area contributed by atoms with Crippen LogP contribution >= 0.6 is 0 Å². The van der Waals surface area contributed by atoms with E-state index in [4.69, 9.17) is 4.84 Å². The maximum atomic E-state index is 6.13. The Morgan fingerprint density at radius 2 is 1.39 bits per heavy atom. The third kappa shape index (κ3) is 5.81. The molecule has 2 aromatic carbocycles. The molecule has 2 aromatic rings. The Morgan fingerprint density at radius 1 is 0.783 bits per heavy atom. The minimum absolute atomic E-state index is 0.106. The van der Waals surface area contributed by atoms with Crippen LogP contribution in [0.2, 0.25) is 0 Å². The number of rotatable bonds is 10. The van der Waals surface area contributed by atoms with Gasteiger partial charge in [0.25, 0.3) is 0 Å². The van der Waals surface area contributed by atoms with Crippen molar-refractivity contribution in [3.8, 4) is 0 Å². The molecule has 23 heavy (non-hydrogen) atoms. The molecule has 0 amide bonds. The van der Waals surface area contributed by atoms with Gasteiger partial charge < -0.3 is 0 Å². The van der Waals surface area contributed by atoms with Gasteiger partial charge in [0.1, 0.15) is 6.10 Å². The highest BCUT2D eigenvalue weighted by molar-refractivity contribution is 5.19. The van der Waals surface area contributed by atoms with E-state index in [1.54, 1.807) is 0 Å². The lowest BCUT2D eigenvalue weighted by molar-refractivity contribution is -0.0524. The summed E-state index contributed by atoms with van der Waals surface area (Å²) in [5, 5.41) is 0. The van der Waals surface area contributed by atoms with E-state index in [0.717, 1.165) is 19.3 Å². The van der Waals surface area contributed by atoms with Crippen molar-refractivity contribution in [2.75, 3.05) is 0 Å². The Hall–Kier alpha value is -1.64. The molecule has 0 aliphatic carbocycles. The molecule has 2 heteroatoms. The van der Waals surface area contributed by atoms with Crippen molar-refractivity contribution in [2.45, 2.75) is 58.1 Å². The largest absolute Gasteiger partial charge is 0.293 e. The van der Waals surface area contributed by atoms with Gasteiger partial charge in [-0.15, -0.1) is 0 Å². The average Bonchev–Trinajstić information content (AvgIpc) is 2.62. The smallest absolute Gasteiger partial charge is 0.104 e. The lowest BCUT2D eigenvalue weighted by Gasteiger charge is -2.24. The van der Waals surface area contributed by atoms with Crippen LogP contribution in [0.15, 0.2) is 60.7 Å². The number of hydrogen-bond donors (Lipinski definition) is 1. The van der Waals surface area contributed by atoms with Gasteiger partial charge in [-0.3, -0.25) is 4.84 Å². The monoisotopic (exact) mass is 311 g/mol. The zero-order chi connectivity index (χ0) is 16.3. The number of benzene rings is 2. The predicted molar refractivity (Wildman–Crippen MR) is 97.0 cm³/mol. The topological polar surface area (TPSA) is 21.3 Å². The summed E-state index contributed by atoms with van der Waals surface area (Å²) < 4.78 is 0. The van der Waals surface area contributed by atoms with Gasteiger partial charge in [-0.2, -0.15) is 5.48 Å². The van der Waals surface area contributed by atoms with Crippen LogP contribution in [-0.4, -0.2) is 0 Å². The van der Waals surface area contributed by atoms with E-state index in [9.17, 15) is 0 Å². The van der Waals surface area contributed by atoms with E-state index in [2.05, 4.69) is 73.9 Å². The van der Waals surface area contributed by atoms with Crippen molar-refractivity contribution in [3.63, 3.8) is 0 Å². The van der Waals surface area contributed by atoms with Crippen LogP contribution < -0.4 is 5.48 Å². The Labute approximate surface area is 140 Å². The molecule has 0 aromatic heterocycles. The Bertz CT molecular complexity index is 526. The van der Waals surface area contributed by atoms with Gasteiger partial charge in [-0.1, -0.05) is 93.8 Å². The molecule has 0 spiro atoms. The highest BCUT2D eigenvalue weighted by Crippen LogP contribution is 2.25. The van der Waals surface area contributed by atoms with E-state index in [1.807, 2.05) is 6.07 Å². The zero-order valence-electron chi connectivity index (χ0n) is 14.4. The summed E-state index contributed by atoms with van der Waals surface area (Å²) in [5.41, 5.74) is 5.89. The van der Waals surface area contributed by atoms with Crippen molar-refractivity contribution in [1.29, 1.82) is 0 Å². The van der Waals surface area contributed by atoms with Crippen LogP contribution in [0.4, 0.5) is 0 Å². The van der Waals surface area contributed by atoms with E-state index in [0.29, 0.717) is 0 Å². The molecular weight excluding hydrogens is 282 g/mol. The van der Waals surface area contributed by atoms with Gasteiger partial charge in [0.05, 0.1) is 6.04 Å². The van der Waals surface area contributed by atoms with Crippen molar-refractivity contribution in [2.24, 2.45) is 0 Å². The molecule has 124 valence electrons. The molecule has 2 atom stereocenters. The summed E-state index contributed by atoms with van der Waals surface area (Å²) in [7, 11) is 0. The first-order valence-electron chi connectivity index (χ1n) is 8.86. The second-order valence-corrected chi connectivity index (χ2v) is 6.03. The molecule has 1 N–H and O–H groups in total. The Balaban J connectivity index is 2.03. The lowest BCUT2D eigenvalue weighted by Crippen LogP contribution is -2.24. The minimum atomic E-state index is 0.106. The van der Waals surface area contributed by atoms with Crippen molar-refractivity contribution in [3.05, 3.63) is 71.8 Å². The van der Waals surface area contributed by atoms with Crippen molar-refractivity contribution < 1.29 is 4.84 Å². The molecule has 0 saturated carbocycles. The Morgan fingerprint density at radius 3 is 1.96 bits per heavy atom. The molecule has 2 rings (SSSR count). The minimum Gasteiger partial charge on any atom is -0.293 e. The van der Waals surface area contributed by atoms with E-state index in [1.165, 1.54) is 24.0 Å². The lowest BCUT2D eigenvalue weighted by atomic mass is 10.0. The summed E-state index contributed by atoms with van der Waals surface area (Å²) >= 11 is 0. The van der Waals surface area contributed by atoms with Crippen LogP contribution in [0.3, 0.4) is 0 Å². The number of hydroxylamine groups is 1. The first kappa shape index (κ1) is 17.7. The molecule has 0 aliphatic heterocycles. The molecule has 0 heterocycles. The third-order valence-electron chi connectivity index (χ3n) is 4.12. The van der Waals surface area contributed by atoms with Crippen LogP contribution in [0.25, 0.3) is 0 Å². The van der Waals surface area contributed by atoms with E-state index < -0.39 is 0 Å². The quantitative estimate of drug-likeness (QED) is 0.545. The van der Waals surface area contributed by atoms with Gasteiger partial charge >= 0.3 is 0 Å². The first-order valence-corrected chi connectivity index (χ1v) is 8.86. The maximum Gasteiger partial charge on any atom is 0.104 e. The molecule has 0 aliphatic rings. The third-order valence-corrected chi connectivity index (χ3v) is 4.12. The SMILES string of the molecule is CCCCC(NOC(CCC)c1ccccc1)c1ccccc1. The highest BCUT2D eigenvalue weighted by Gasteiger charge is 2.16. The Kier molecular flexibility index (Phi) is 7.85. The second kappa shape index (κ2) is 10.2. The summed E-state index contributed by atoms with van der Waals surface area (Å²) in [6.45, 7) is 4.43. The zero-order valence-corrected chi connectivity index (χ0v) is 14.4. The van der Waals surface area contributed by atoms with Gasteiger partial charge in [-0.05, 0) is 24.0 Å². The van der Waals surface area contributed by atoms with Crippen molar-refractivity contribution >= 4 is 0 Å². The molecular formula is C21H29NO. The molecule has 0 fully saturated rings. The van der Waals surface area contributed by atoms with Crippen molar-refractivity contribution in [1.82, 2.24) is 5.48 Å². The molecule has 0 radical (unpaired) electrons. The molecule has 0 saturated heterocycles. The van der Waals surface area contributed by atoms with Gasteiger partial charge in [0.2, 0.25) is 0 Å². The molecule has 2 unspecified atom stereocenters. The molecule has 2 nitrogen and oxygen atoms in total. The summed E-state index contributed by atoms with van der Waals surface area (Å²) in [6.07, 6.45) is 5.71. The van der Waals surface area contributed by atoms with Gasteiger partial charge in [0, 0.05) is 0 Å². The summed E-state index contributed by atoms with van der Waals surface area (Å²) in [6, 6.07) is 21.3. The van der Waals surface area contributed by atoms with Gasteiger partial charge in [0.15, 0.2) is 0 Å². The molecule has 0 bridgehead atoms. The average molecular weight is 311 g/mol. The second-order valence-electron chi connectivity index (χ2n) is 6.03. The van der Waals surface area contributed by atoms with Crippen LogP contribution in [0.5, 0.6) is 0 Å². The van der Waals surface area contributed by atoms with Gasteiger partial charge in [-0.25, -0.2) is 0 Å². The van der Waals surface area contributed by atoms with Crippen LogP contribution in [0.1, 0.15) is 69.2 Å². The number of nitrogens with one attached hydrogen (secondary N) is 1. The summed E-state index contributed by atoms with van der Waals surface area (Å²) in [5.74, 6) is 0. The fourth-order valence-corrected chi connectivity index (χ4v) is 2.78. The van der Waals surface area contributed by atoms with E-state index in [-0.39, 0.29) is 12.1 Å². The van der Waals surface area contributed by atoms with Crippen LogP contribution in [-0.2, 0) is 4.84 Å². The van der Waals surface area contributed by atoms with Crippen LogP contribution in [0, 0.1) is 0 Å². The van der Waals surface area contributed by atoms with E-state index >= 15 is 0 Å². The predicted octanol–water partition coefficient (Wildman–Crippen LogP) is 5.98.